The van der Waals surface area contributed by atoms with E-state index in [1.165, 1.54) is 7.11 Å². The number of hydrogen-bond acceptors (Lipinski definition) is 2. The maximum Gasteiger partial charge on any atom is 0.339 e. The van der Waals surface area contributed by atoms with E-state index < -0.39 is 0 Å². The van der Waals surface area contributed by atoms with Gasteiger partial charge in [0.2, 0.25) is 0 Å². The summed E-state index contributed by atoms with van der Waals surface area (Å²) in [6, 6.07) is 3.83. The zero-order chi connectivity index (χ0) is 8.55. The Bertz CT molecular complexity index is 349. The SMILES string of the molecule is COC(=O)C1=CCn2cccc21. The smallest absolute Gasteiger partial charge is 0.339 e. The minimum atomic E-state index is -0.257. The number of esters is 1. The van der Waals surface area contributed by atoms with Crippen molar-refractivity contribution in [3.05, 3.63) is 30.1 Å². The van der Waals surface area contributed by atoms with Gasteiger partial charge in [0.15, 0.2) is 0 Å². The summed E-state index contributed by atoms with van der Waals surface area (Å²) in [6.07, 6.45) is 3.82. The first-order valence-corrected chi connectivity index (χ1v) is 3.77. The predicted molar refractivity (Wildman–Crippen MR) is 44.4 cm³/mol. The summed E-state index contributed by atoms with van der Waals surface area (Å²) in [7, 11) is 1.40. The Morgan fingerprint density at radius 3 is 3.25 bits per heavy atom. The van der Waals surface area contributed by atoms with Crippen LogP contribution in [0.4, 0.5) is 0 Å². The molecule has 12 heavy (non-hydrogen) atoms. The van der Waals surface area contributed by atoms with E-state index in [2.05, 4.69) is 4.74 Å². The molecule has 0 aliphatic carbocycles. The number of carbonyl (C=O) groups excluding carboxylic acids is 1. The Morgan fingerprint density at radius 1 is 1.67 bits per heavy atom. The quantitative estimate of drug-likeness (QED) is 0.579. The molecular formula is C9H9NO2. The third-order valence-corrected chi connectivity index (χ3v) is 2.00. The van der Waals surface area contributed by atoms with Gasteiger partial charge in [-0.25, -0.2) is 4.79 Å². The lowest BCUT2D eigenvalue weighted by Crippen LogP contribution is -2.02. The van der Waals surface area contributed by atoms with Gasteiger partial charge in [-0.3, -0.25) is 0 Å². The molecule has 2 rings (SSSR count). The third kappa shape index (κ3) is 0.863. The number of methoxy groups -OCH3 is 1. The normalized spacial score (nSPS) is 13.9. The van der Waals surface area contributed by atoms with Gasteiger partial charge in [0.1, 0.15) is 0 Å². The Kier molecular flexibility index (Phi) is 1.50. The van der Waals surface area contributed by atoms with Crippen molar-refractivity contribution in [1.29, 1.82) is 0 Å². The van der Waals surface area contributed by atoms with Crippen LogP contribution in [0, 0.1) is 0 Å². The molecule has 3 nitrogen and oxygen atoms in total. The minimum Gasteiger partial charge on any atom is -0.465 e. The zero-order valence-corrected chi connectivity index (χ0v) is 6.78. The van der Waals surface area contributed by atoms with E-state index >= 15 is 0 Å². The van der Waals surface area contributed by atoms with Crippen LogP contribution >= 0.6 is 0 Å². The molecule has 1 aromatic rings. The predicted octanol–water partition coefficient (Wildman–Crippen LogP) is 1.06. The van der Waals surface area contributed by atoms with E-state index in [-0.39, 0.29) is 5.97 Å². The molecule has 0 amide bonds. The van der Waals surface area contributed by atoms with Crippen LogP contribution in [0.25, 0.3) is 5.57 Å². The number of allylic oxidation sites excluding steroid dienone is 1. The molecule has 0 saturated heterocycles. The summed E-state index contributed by atoms with van der Waals surface area (Å²) in [5, 5.41) is 0. The van der Waals surface area contributed by atoms with E-state index in [0.29, 0.717) is 5.57 Å². The van der Waals surface area contributed by atoms with Crippen LogP contribution in [-0.4, -0.2) is 17.6 Å². The maximum absolute atomic E-state index is 11.2. The van der Waals surface area contributed by atoms with Crippen LogP contribution in [0.5, 0.6) is 0 Å². The highest BCUT2D eigenvalue weighted by atomic mass is 16.5. The van der Waals surface area contributed by atoms with E-state index in [1.807, 2.05) is 29.0 Å². The summed E-state index contributed by atoms with van der Waals surface area (Å²) in [4.78, 5) is 11.2. The van der Waals surface area contributed by atoms with Crippen molar-refractivity contribution in [3.63, 3.8) is 0 Å². The van der Waals surface area contributed by atoms with Gasteiger partial charge in [-0.05, 0) is 18.2 Å². The molecule has 0 spiro atoms. The average Bonchev–Trinajstić information content (AvgIpc) is 2.62. The first kappa shape index (κ1) is 7.16. The molecule has 0 bridgehead atoms. The first-order valence-electron chi connectivity index (χ1n) is 3.77. The number of carbonyl (C=O) groups is 1. The second-order valence-corrected chi connectivity index (χ2v) is 2.66. The second-order valence-electron chi connectivity index (χ2n) is 2.66. The molecule has 62 valence electrons. The van der Waals surface area contributed by atoms with Gasteiger partial charge >= 0.3 is 5.97 Å². The van der Waals surface area contributed by atoms with E-state index in [4.69, 9.17) is 0 Å². The molecule has 0 fully saturated rings. The molecule has 3 heteroatoms. The van der Waals surface area contributed by atoms with Gasteiger partial charge in [0, 0.05) is 12.7 Å². The number of rotatable bonds is 1. The standard InChI is InChI=1S/C9H9NO2/c1-12-9(11)7-4-6-10-5-2-3-8(7)10/h2-5H,6H2,1H3. The molecule has 1 aliphatic rings. The number of nitrogens with zero attached hydrogens (tertiary/aromatic N) is 1. The van der Waals surface area contributed by atoms with E-state index in [9.17, 15) is 4.79 Å². The van der Waals surface area contributed by atoms with Crippen molar-refractivity contribution in [3.8, 4) is 0 Å². The highest BCUT2D eigenvalue weighted by Gasteiger charge is 2.19. The van der Waals surface area contributed by atoms with Crippen molar-refractivity contribution in [2.45, 2.75) is 6.54 Å². The van der Waals surface area contributed by atoms with Crippen molar-refractivity contribution in [1.82, 2.24) is 4.57 Å². The fourth-order valence-corrected chi connectivity index (χ4v) is 1.41. The lowest BCUT2D eigenvalue weighted by atomic mass is 10.2. The summed E-state index contributed by atoms with van der Waals surface area (Å²) in [6.45, 7) is 0.771. The van der Waals surface area contributed by atoms with Gasteiger partial charge in [-0.2, -0.15) is 0 Å². The van der Waals surface area contributed by atoms with Crippen molar-refractivity contribution >= 4 is 11.5 Å². The number of aromatic nitrogens is 1. The highest BCUT2D eigenvalue weighted by molar-refractivity contribution is 6.16. The summed E-state index contributed by atoms with van der Waals surface area (Å²) < 4.78 is 6.65. The molecule has 0 atom stereocenters. The molecular weight excluding hydrogens is 154 g/mol. The van der Waals surface area contributed by atoms with E-state index in [0.717, 1.165) is 12.2 Å². The first-order chi connectivity index (χ1) is 5.83. The molecule has 0 aromatic carbocycles. The van der Waals surface area contributed by atoms with Crippen LogP contribution in [0.2, 0.25) is 0 Å². The van der Waals surface area contributed by atoms with Gasteiger partial charge in [0.25, 0.3) is 0 Å². The molecule has 0 radical (unpaired) electrons. The van der Waals surface area contributed by atoms with Gasteiger partial charge < -0.3 is 9.30 Å². The van der Waals surface area contributed by atoms with Gasteiger partial charge in [-0.1, -0.05) is 0 Å². The molecule has 0 N–H and O–H groups in total. The van der Waals surface area contributed by atoms with Crippen LogP contribution in [0.3, 0.4) is 0 Å². The largest absolute Gasteiger partial charge is 0.465 e. The summed E-state index contributed by atoms with van der Waals surface area (Å²) in [5.41, 5.74) is 1.62. The molecule has 1 aromatic heterocycles. The molecule has 0 unspecified atom stereocenters. The van der Waals surface area contributed by atoms with Crippen LogP contribution in [-0.2, 0) is 16.1 Å². The van der Waals surface area contributed by atoms with Crippen molar-refractivity contribution < 1.29 is 9.53 Å². The Labute approximate surface area is 70.3 Å². The maximum atomic E-state index is 11.2. The van der Waals surface area contributed by atoms with Crippen LogP contribution in [0.1, 0.15) is 5.69 Å². The lowest BCUT2D eigenvalue weighted by Gasteiger charge is -1.99. The topological polar surface area (TPSA) is 31.2 Å². The number of hydrogen-bond donors (Lipinski definition) is 0. The third-order valence-electron chi connectivity index (χ3n) is 2.00. The molecule has 2 heterocycles. The average molecular weight is 163 g/mol. The minimum absolute atomic E-state index is 0.257. The van der Waals surface area contributed by atoms with E-state index in [1.54, 1.807) is 0 Å². The van der Waals surface area contributed by atoms with Crippen molar-refractivity contribution in [2.24, 2.45) is 0 Å². The molecule has 0 saturated carbocycles. The zero-order valence-electron chi connectivity index (χ0n) is 6.78. The number of fused-ring (bicyclic) bond motifs is 1. The summed E-state index contributed by atoms with van der Waals surface area (Å²) >= 11 is 0. The van der Waals surface area contributed by atoms with Crippen LogP contribution in [0.15, 0.2) is 24.4 Å². The second kappa shape index (κ2) is 2.52. The monoisotopic (exact) mass is 163 g/mol. The highest BCUT2D eigenvalue weighted by Crippen LogP contribution is 2.22. The Balaban J connectivity index is 2.38. The fraction of sp³-hybridized carbons (Fsp3) is 0.222. The van der Waals surface area contributed by atoms with Gasteiger partial charge in [-0.15, -0.1) is 0 Å². The summed E-state index contributed by atoms with van der Waals surface area (Å²) in [5.74, 6) is -0.257. The lowest BCUT2D eigenvalue weighted by molar-refractivity contribution is -0.133. The van der Waals surface area contributed by atoms with Crippen molar-refractivity contribution in [2.75, 3.05) is 7.11 Å². The Hall–Kier alpha value is -1.51. The van der Waals surface area contributed by atoms with Gasteiger partial charge in [0.05, 0.1) is 18.4 Å². The fourth-order valence-electron chi connectivity index (χ4n) is 1.41. The Morgan fingerprint density at radius 2 is 2.50 bits per heavy atom. The molecule has 1 aliphatic heterocycles. The van der Waals surface area contributed by atoms with Crippen LogP contribution < -0.4 is 0 Å². The number of ether oxygens (including phenoxy) is 1.